The van der Waals surface area contributed by atoms with Crippen LogP contribution < -0.4 is 0 Å². The Morgan fingerprint density at radius 1 is 1.23 bits per heavy atom. The lowest BCUT2D eigenvalue weighted by Gasteiger charge is -2.40. The number of amides is 1. The molecule has 2 heterocycles. The summed E-state index contributed by atoms with van der Waals surface area (Å²) in [7, 11) is 0. The molecule has 31 heavy (non-hydrogen) atoms. The zero-order valence-corrected chi connectivity index (χ0v) is 18.9. The van der Waals surface area contributed by atoms with Crippen LogP contribution in [0.2, 0.25) is 5.02 Å². The van der Waals surface area contributed by atoms with Gasteiger partial charge in [0.05, 0.1) is 18.3 Å². The van der Waals surface area contributed by atoms with Gasteiger partial charge in [0.15, 0.2) is 0 Å². The van der Waals surface area contributed by atoms with E-state index in [0.29, 0.717) is 31.2 Å². The second-order valence-corrected chi connectivity index (χ2v) is 9.38. The van der Waals surface area contributed by atoms with Gasteiger partial charge in [-0.15, -0.1) is 0 Å². The third-order valence-electron chi connectivity index (χ3n) is 5.62. The second kappa shape index (κ2) is 8.61. The summed E-state index contributed by atoms with van der Waals surface area (Å²) in [6.07, 6.45) is 3.52. The van der Waals surface area contributed by atoms with Crippen molar-refractivity contribution >= 4 is 29.3 Å². The molecule has 1 saturated heterocycles. The van der Waals surface area contributed by atoms with Crippen LogP contribution in [0.4, 0.5) is 4.79 Å². The van der Waals surface area contributed by atoms with Gasteiger partial charge in [0.25, 0.3) is 0 Å². The largest absolute Gasteiger partial charge is 0.444 e. The number of halogens is 1. The van der Waals surface area contributed by atoms with Crippen molar-refractivity contribution in [3.8, 4) is 0 Å². The minimum atomic E-state index is -0.511. The van der Waals surface area contributed by atoms with Crippen LogP contribution in [0, 0.1) is 0 Å². The van der Waals surface area contributed by atoms with Crippen molar-refractivity contribution in [1.29, 1.82) is 0 Å². The number of fused-ring (bicyclic) bond motifs is 2. The summed E-state index contributed by atoms with van der Waals surface area (Å²) in [4.78, 5) is 21.3. The lowest BCUT2D eigenvalue weighted by atomic mass is 9.94. The average molecular weight is 442 g/mol. The molecular weight excluding hydrogens is 414 g/mol. The molecule has 1 aromatic carbocycles. The van der Waals surface area contributed by atoms with E-state index >= 15 is 0 Å². The molecule has 1 amide bonds. The Morgan fingerprint density at radius 3 is 2.65 bits per heavy atom. The Morgan fingerprint density at radius 2 is 1.97 bits per heavy atom. The quantitative estimate of drug-likeness (QED) is 0.755. The van der Waals surface area contributed by atoms with E-state index in [0.717, 1.165) is 28.0 Å². The van der Waals surface area contributed by atoms with Crippen LogP contribution in [0.15, 0.2) is 36.5 Å². The van der Waals surface area contributed by atoms with Gasteiger partial charge in [0.2, 0.25) is 0 Å². The highest BCUT2D eigenvalue weighted by Gasteiger charge is 2.34. The molecule has 1 fully saturated rings. The van der Waals surface area contributed by atoms with Gasteiger partial charge in [-0.2, -0.15) is 0 Å². The summed E-state index contributed by atoms with van der Waals surface area (Å²) in [5.74, 6) is 0. The maximum atomic E-state index is 12.5. The van der Waals surface area contributed by atoms with Crippen molar-refractivity contribution in [2.24, 2.45) is 0 Å². The zero-order chi connectivity index (χ0) is 22.2. The second-order valence-electron chi connectivity index (χ2n) is 8.94. The van der Waals surface area contributed by atoms with Gasteiger partial charge in [0, 0.05) is 37.4 Å². The van der Waals surface area contributed by atoms with Crippen LogP contribution in [0.3, 0.4) is 0 Å². The maximum Gasteiger partial charge on any atom is 0.410 e. The SMILES string of the molecule is CC(C)(C)OC(=O)N1CCN(C2c3ccc(Cl)cc3C(CO)=Cc3cccnc32)CC1. The summed E-state index contributed by atoms with van der Waals surface area (Å²) in [6.45, 7) is 8.09. The number of rotatable bonds is 2. The number of benzene rings is 1. The molecule has 1 aliphatic carbocycles. The highest BCUT2D eigenvalue weighted by Crippen LogP contribution is 2.40. The van der Waals surface area contributed by atoms with Crippen molar-refractivity contribution in [2.75, 3.05) is 32.8 Å². The Hall–Kier alpha value is -2.41. The molecule has 7 heteroatoms. The highest BCUT2D eigenvalue weighted by atomic mass is 35.5. The Kier molecular flexibility index (Phi) is 6.06. The first-order valence-corrected chi connectivity index (χ1v) is 10.9. The summed E-state index contributed by atoms with van der Waals surface area (Å²) in [6, 6.07) is 9.66. The smallest absolute Gasteiger partial charge is 0.410 e. The average Bonchev–Trinajstić information content (AvgIpc) is 2.86. The monoisotopic (exact) mass is 441 g/mol. The van der Waals surface area contributed by atoms with Crippen LogP contribution in [-0.4, -0.2) is 64.4 Å². The molecule has 4 rings (SSSR count). The predicted octanol–water partition coefficient (Wildman–Crippen LogP) is 4.22. The minimum Gasteiger partial charge on any atom is -0.444 e. The van der Waals surface area contributed by atoms with Crippen molar-refractivity contribution in [1.82, 2.24) is 14.8 Å². The first-order chi connectivity index (χ1) is 14.8. The van der Waals surface area contributed by atoms with E-state index in [-0.39, 0.29) is 18.7 Å². The van der Waals surface area contributed by atoms with Gasteiger partial charge in [-0.1, -0.05) is 23.7 Å². The van der Waals surface area contributed by atoms with Gasteiger partial charge in [0.1, 0.15) is 5.60 Å². The van der Waals surface area contributed by atoms with E-state index in [2.05, 4.69) is 4.90 Å². The van der Waals surface area contributed by atoms with Gasteiger partial charge >= 0.3 is 6.09 Å². The number of aliphatic hydroxyl groups is 1. The lowest BCUT2D eigenvalue weighted by molar-refractivity contribution is 0.0118. The van der Waals surface area contributed by atoms with E-state index in [4.69, 9.17) is 21.3 Å². The molecular formula is C24H28ClN3O3. The molecule has 0 spiro atoms. The fourth-order valence-electron chi connectivity index (χ4n) is 4.23. The standard InChI is InChI=1S/C24H28ClN3O3/c1-24(2,3)31-23(30)28-11-9-27(10-12-28)22-19-7-6-18(25)14-20(19)17(15-29)13-16-5-4-8-26-21(16)22/h4-8,13-14,22,29H,9-12,15H2,1-3H3. The molecule has 1 atom stereocenters. The van der Waals surface area contributed by atoms with E-state index in [9.17, 15) is 9.90 Å². The first kappa shape index (κ1) is 21.8. The molecule has 0 radical (unpaired) electrons. The lowest BCUT2D eigenvalue weighted by Crippen LogP contribution is -2.51. The maximum absolute atomic E-state index is 12.5. The zero-order valence-electron chi connectivity index (χ0n) is 18.1. The van der Waals surface area contributed by atoms with Crippen LogP contribution in [0.5, 0.6) is 0 Å². The van der Waals surface area contributed by atoms with Crippen LogP contribution in [0.25, 0.3) is 11.6 Å². The van der Waals surface area contributed by atoms with E-state index in [1.165, 1.54) is 0 Å². The highest BCUT2D eigenvalue weighted by molar-refractivity contribution is 6.30. The Bertz CT molecular complexity index is 1010. The van der Waals surface area contributed by atoms with Gasteiger partial charge in [-0.05, 0) is 67.3 Å². The normalized spacial score (nSPS) is 19.2. The third kappa shape index (κ3) is 4.61. The Balaban J connectivity index is 1.66. The fraction of sp³-hybridized carbons (Fsp3) is 0.417. The summed E-state index contributed by atoms with van der Waals surface area (Å²) in [5, 5.41) is 10.7. The van der Waals surface area contributed by atoms with Crippen LogP contribution in [-0.2, 0) is 4.74 Å². The van der Waals surface area contributed by atoms with Gasteiger partial charge < -0.3 is 14.7 Å². The molecule has 1 unspecified atom stereocenters. The molecule has 164 valence electrons. The number of hydrogen-bond donors (Lipinski definition) is 1. The van der Waals surface area contributed by atoms with Crippen molar-refractivity contribution in [3.63, 3.8) is 0 Å². The third-order valence-corrected chi connectivity index (χ3v) is 5.85. The van der Waals surface area contributed by atoms with Crippen LogP contribution in [0.1, 0.15) is 49.2 Å². The molecule has 1 aromatic heterocycles. The van der Waals surface area contributed by atoms with Crippen molar-refractivity contribution in [2.45, 2.75) is 32.4 Å². The first-order valence-electron chi connectivity index (χ1n) is 10.5. The minimum absolute atomic E-state index is 0.0825. The number of piperazine rings is 1. The fourth-order valence-corrected chi connectivity index (χ4v) is 4.40. The van der Waals surface area contributed by atoms with Gasteiger partial charge in [-0.25, -0.2) is 4.79 Å². The van der Waals surface area contributed by atoms with Crippen LogP contribution >= 0.6 is 11.6 Å². The number of pyridine rings is 1. The number of hydrogen-bond acceptors (Lipinski definition) is 5. The van der Waals surface area contributed by atoms with E-state index in [1.54, 1.807) is 11.1 Å². The van der Waals surface area contributed by atoms with Crippen molar-refractivity contribution < 1.29 is 14.6 Å². The van der Waals surface area contributed by atoms with Crippen molar-refractivity contribution in [3.05, 3.63) is 63.9 Å². The number of aliphatic hydroxyl groups excluding tert-OH is 1. The number of ether oxygens (including phenoxy) is 1. The van der Waals surface area contributed by atoms with Gasteiger partial charge in [-0.3, -0.25) is 9.88 Å². The summed E-state index contributed by atoms with van der Waals surface area (Å²) < 4.78 is 5.54. The number of carbonyl (C=O) groups excluding carboxylic acids is 1. The molecule has 0 bridgehead atoms. The predicted molar refractivity (Wildman–Crippen MR) is 122 cm³/mol. The van der Waals surface area contributed by atoms with E-state index < -0.39 is 5.60 Å². The topological polar surface area (TPSA) is 65.9 Å². The summed E-state index contributed by atoms with van der Waals surface area (Å²) >= 11 is 6.31. The number of nitrogens with zero attached hydrogens (tertiary/aromatic N) is 3. The van der Waals surface area contributed by atoms with E-state index in [1.807, 2.05) is 57.2 Å². The molecule has 2 aliphatic rings. The molecule has 1 N–H and O–H groups in total. The molecule has 1 aliphatic heterocycles. The Labute approximate surface area is 188 Å². The number of aromatic nitrogens is 1. The number of carbonyl (C=O) groups is 1. The molecule has 6 nitrogen and oxygen atoms in total. The molecule has 0 saturated carbocycles. The summed E-state index contributed by atoms with van der Waals surface area (Å²) in [5.41, 5.74) is 4.24. The molecule has 2 aromatic rings.